The largest absolute Gasteiger partial charge is 0.493 e. The smallest absolute Gasteiger partial charge is 0.387 e. The summed E-state index contributed by atoms with van der Waals surface area (Å²) in [5, 5.41) is 3.51. The van der Waals surface area contributed by atoms with E-state index in [1.165, 1.54) is 19.2 Å². The topological polar surface area (TPSA) is 60.0 Å². The summed E-state index contributed by atoms with van der Waals surface area (Å²) in [6.45, 7) is 2.59. The van der Waals surface area contributed by atoms with E-state index in [0.29, 0.717) is 21.9 Å². The van der Waals surface area contributed by atoms with Crippen LogP contribution in [0.25, 0.3) is 0 Å². The Balaban J connectivity index is 2.13. The molecule has 170 valence electrons. The summed E-state index contributed by atoms with van der Waals surface area (Å²) in [5.74, 6) is -0.531. The molecular weight excluding hydrogens is 438 g/mol. The van der Waals surface area contributed by atoms with Crippen LogP contribution in [0.3, 0.4) is 0 Å². The first-order valence-electron chi connectivity index (χ1n) is 9.94. The lowest BCUT2D eigenvalue weighted by Crippen LogP contribution is -2.48. The molecule has 1 N–H and O–H groups in total. The molecule has 1 atom stereocenters. The molecule has 3 rings (SSSR count). The van der Waals surface area contributed by atoms with Crippen molar-refractivity contribution in [2.45, 2.75) is 33.4 Å². The number of esters is 1. The molecule has 9 heteroatoms. The highest BCUT2D eigenvalue weighted by molar-refractivity contribution is 7.80. The molecule has 0 amide bonds. The molecule has 32 heavy (non-hydrogen) atoms. The van der Waals surface area contributed by atoms with Gasteiger partial charge in [0.25, 0.3) is 0 Å². The first kappa shape index (κ1) is 23.5. The Kier molecular flexibility index (Phi) is 7.29. The lowest BCUT2D eigenvalue weighted by molar-refractivity contribution is -0.139. The molecule has 2 aromatic carbocycles. The van der Waals surface area contributed by atoms with Crippen LogP contribution in [0.4, 0.5) is 14.5 Å². The number of nitrogens with zero attached hydrogens (tertiary/aromatic N) is 1. The zero-order chi connectivity index (χ0) is 23.4. The fraction of sp³-hybridized carbons (Fsp3) is 0.304. The standard InChI is InChI=1S/C23H24F2N2O4S/c1-5-30-21(28)19-14(3)27(16-8-6-7-13(2)11-16)23(32)26-20(19)15-9-10-17(29-4)18(12-15)31-22(24)25/h6-12,20,22H,5H2,1-4H3,(H,26,32). The summed E-state index contributed by atoms with van der Waals surface area (Å²) < 4.78 is 40.8. The number of alkyl halides is 2. The molecule has 0 bridgehead atoms. The Hall–Kier alpha value is -3.20. The van der Waals surface area contributed by atoms with Crippen molar-refractivity contribution >= 4 is 29.0 Å². The minimum Gasteiger partial charge on any atom is -0.493 e. The minimum absolute atomic E-state index is 0.144. The average Bonchev–Trinajstić information content (AvgIpc) is 2.73. The lowest BCUT2D eigenvalue weighted by Gasteiger charge is -2.37. The maximum Gasteiger partial charge on any atom is 0.387 e. The Morgan fingerprint density at radius 2 is 1.94 bits per heavy atom. The van der Waals surface area contributed by atoms with Crippen LogP contribution in [0, 0.1) is 6.92 Å². The van der Waals surface area contributed by atoms with Crippen molar-refractivity contribution < 1.29 is 27.8 Å². The number of anilines is 1. The highest BCUT2D eigenvalue weighted by Crippen LogP contribution is 2.38. The van der Waals surface area contributed by atoms with Crippen LogP contribution < -0.4 is 19.7 Å². The van der Waals surface area contributed by atoms with Gasteiger partial charge >= 0.3 is 12.6 Å². The highest BCUT2D eigenvalue weighted by Gasteiger charge is 2.36. The van der Waals surface area contributed by atoms with E-state index in [1.807, 2.05) is 31.2 Å². The van der Waals surface area contributed by atoms with Gasteiger partial charge in [0.2, 0.25) is 0 Å². The second-order valence-corrected chi connectivity index (χ2v) is 7.45. The first-order chi connectivity index (χ1) is 15.3. The molecule has 0 aliphatic carbocycles. The van der Waals surface area contributed by atoms with E-state index in [-0.39, 0.29) is 18.1 Å². The maximum absolute atomic E-state index is 13.0. The van der Waals surface area contributed by atoms with Gasteiger partial charge in [0.05, 0.1) is 25.3 Å². The Bertz CT molecular complexity index is 1060. The van der Waals surface area contributed by atoms with Crippen molar-refractivity contribution in [3.8, 4) is 11.5 Å². The molecule has 1 aliphatic rings. The monoisotopic (exact) mass is 462 g/mol. The number of methoxy groups -OCH3 is 1. The number of halogens is 2. The predicted octanol–water partition coefficient (Wildman–Crippen LogP) is 4.88. The number of nitrogens with one attached hydrogen (secondary N) is 1. The van der Waals surface area contributed by atoms with Gasteiger partial charge in [-0.15, -0.1) is 0 Å². The zero-order valence-electron chi connectivity index (χ0n) is 18.1. The van der Waals surface area contributed by atoms with E-state index in [0.717, 1.165) is 11.3 Å². The van der Waals surface area contributed by atoms with Crippen molar-refractivity contribution in [2.75, 3.05) is 18.6 Å². The van der Waals surface area contributed by atoms with Crippen LogP contribution in [0.2, 0.25) is 0 Å². The number of benzene rings is 2. The third-order valence-corrected chi connectivity index (χ3v) is 5.28. The Labute approximate surface area is 190 Å². The number of rotatable bonds is 7. The van der Waals surface area contributed by atoms with Gasteiger partial charge < -0.3 is 19.5 Å². The number of hydrogen-bond acceptors (Lipinski definition) is 5. The third-order valence-electron chi connectivity index (χ3n) is 4.98. The average molecular weight is 463 g/mol. The van der Waals surface area contributed by atoms with Crippen molar-refractivity contribution in [1.29, 1.82) is 0 Å². The number of hydrogen-bond donors (Lipinski definition) is 1. The van der Waals surface area contributed by atoms with E-state index in [4.69, 9.17) is 21.7 Å². The molecule has 0 fully saturated rings. The van der Waals surface area contributed by atoms with Gasteiger partial charge in [-0.25, -0.2) is 4.79 Å². The van der Waals surface area contributed by atoms with Crippen molar-refractivity contribution in [2.24, 2.45) is 0 Å². The van der Waals surface area contributed by atoms with Crippen LogP contribution in [0.15, 0.2) is 53.7 Å². The molecule has 1 aliphatic heterocycles. The van der Waals surface area contributed by atoms with Gasteiger partial charge in [-0.3, -0.25) is 4.90 Å². The molecule has 0 spiro atoms. The minimum atomic E-state index is -3.03. The first-order valence-corrected chi connectivity index (χ1v) is 10.4. The number of carbonyl (C=O) groups excluding carboxylic acids is 1. The maximum atomic E-state index is 13.0. The predicted molar refractivity (Wildman–Crippen MR) is 121 cm³/mol. The molecule has 0 saturated carbocycles. The quantitative estimate of drug-likeness (QED) is 0.465. The van der Waals surface area contributed by atoms with Crippen molar-refractivity contribution in [1.82, 2.24) is 5.32 Å². The van der Waals surface area contributed by atoms with Gasteiger partial charge in [-0.1, -0.05) is 18.2 Å². The van der Waals surface area contributed by atoms with E-state index in [1.54, 1.807) is 24.8 Å². The second-order valence-electron chi connectivity index (χ2n) is 7.07. The molecule has 6 nitrogen and oxygen atoms in total. The number of ether oxygens (including phenoxy) is 3. The Morgan fingerprint density at radius 1 is 1.19 bits per heavy atom. The highest BCUT2D eigenvalue weighted by atomic mass is 32.1. The second kappa shape index (κ2) is 9.95. The molecule has 1 heterocycles. The molecule has 1 unspecified atom stereocenters. The fourth-order valence-electron chi connectivity index (χ4n) is 3.61. The van der Waals surface area contributed by atoms with Gasteiger partial charge in [0.15, 0.2) is 16.6 Å². The van der Waals surface area contributed by atoms with Gasteiger partial charge in [0, 0.05) is 11.4 Å². The van der Waals surface area contributed by atoms with Crippen LogP contribution >= 0.6 is 12.2 Å². The van der Waals surface area contributed by atoms with Crippen LogP contribution in [-0.4, -0.2) is 31.4 Å². The fourth-order valence-corrected chi connectivity index (χ4v) is 3.97. The van der Waals surface area contributed by atoms with Gasteiger partial charge in [0.1, 0.15) is 0 Å². The molecule has 2 aromatic rings. The van der Waals surface area contributed by atoms with Crippen molar-refractivity contribution in [3.63, 3.8) is 0 Å². The summed E-state index contributed by atoms with van der Waals surface area (Å²) in [6, 6.07) is 11.5. The van der Waals surface area contributed by atoms with Gasteiger partial charge in [-0.2, -0.15) is 8.78 Å². The van der Waals surface area contributed by atoms with E-state index >= 15 is 0 Å². The van der Waals surface area contributed by atoms with Crippen LogP contribution in [0.1, 0.15) is 31.0 Å². The summed E-state index contributed by atoms with van der Waals surface area (Å²) in [4.78, 5) is 14.7. The van der Waals surface area contributed by atoms with Gasteiger partial charge in [-0.05, 0) is 68.4 Å². The number of allylic oxidation sites excluding steroid dienone is 1. The summed E-state index contributed by atoms with van der Waals surface area (Å²) in [6.07, 6.45) is 0. The van der Waals surface area contributed by atoms with E-state index in [2.05, 4.69) is 10.1 Å². The van der Waals surface area contributed by atoms with E-state index in [9.17, 15) is 13.6 Å². The summed E-state index contributed by atoms with van der Waals surface area (Å²) >= 11 is 5.61. The molecule has 0 radical (unpaired) electrons. The zero-order valence-corrected chi connectivity index (χ0v) is 19.0. The number of carbonyl (C=O) groups is 1. The third kappa shape index (κ3) is 4.83. The Morgan fingerprint density at radius 3 is 2.56 bits per heavy atom. The normalized spacial score (nSPS) is 16.2. The van der Waals surface area contributed by atoms with Crippen LogP contribution in [-0.2, 0) is 9.53 Å². The summed E-state index contributed by atoms with van der Waals surface area (Å²) in [5.41, 5.74) is 3.21. The molecular formula is C23H24F2N2O4S. The number of aryl methyl sites for hydroxylation is 1. The lowest BCUT2D eigenvalue weighted by atomic mass is 9.94. The SMILES string of the molecule is CCOC(=O)C1=C(C)N(c2cccc(C)c2)C(=S)NC1c1ccc(OC)c(OC(F)F)c1. The van der Waals surface area contributed by atoms with Crippen LogP contribution in [0.5, 0.6) is 11.5 Å². The number of thiocarbonyl (C=S) groups is 1. The molecule has 0 saturated heterocycles. The van der Waals surface area contributed by atoms with E-state index < -0.39 is 18.6 Å². The molecule has 0 aromatic heterocycles. The van der Waals surface area contributed by atoms with Crippen molar-refractivity contribution in [3.05, 3.63) is 64.9 Å². The summed E-state index contributed by atoms with van der Waals surface area (Å²) in [7, 11) is 1.36.